The zero-order valence-corrected chi connectivity index (χ0v) is 10.1. The molecule has 2 N–H and O–H groups in total. The van der Waals surface area contributed by atoms with Crippen LogP contribution in [0.15, 0.2) is 24.3 Å². The molecule has 1 aliphatic heterocycles. The first-order valence-electron chi connectivity index (χ1n) is 6.30. The summed E-state index contributed by atoms with van der Waals surface area (Å²) in [6.45, 7) is 3.00. The molecule has 0 aromatic heterocycles. The standard InChI is InChI=1S/C14H18N2O/c1-14(6-7-14)16-13(17)8-10-9-15-12-5-3-2-4-11(10)12/h2-5,10,15H,6-9H2,1H3,(H,16,17). The number of amides is 1. The zero-order chi connectivity index (χ0) is 11.9. The molecule has 0 saturated heterocycles. The fraction of sp³-hybridized carbons (Fsp3) is 0.500. The molecule has 0 spiro atoms. The van der Waals surface area contributed by atoms with Gasteiger partial charge in [0.15, 0.2) is 0 Å². The molecular formula is C14H18N2O. The molecule has 1 saturated carbocycles. The van der Waals surface area contributed by atoms with Crippen molar-refractivity contribution in [2.45, 2.75) is 37.6 Å². The second-order valence-electron chi connectivity index (χ2n) is 5.48. The molecule has 1 fully saturated rings. The van der Waals surface area contributed by atoms with Crippen LogP contribution >= 0.6 is 0 Å². The smallest absolute Gasteiger partial charge is 0.221 e. The van der Waals surface area contributed by atoms with Crippen molar-refractivity contribution in [1.29, 1.82) is 0 Å². The van der Waals surface area contributed by atoms with Gasteiger partial charge in [0.2, 0.25) is 5.91 Å². The van der Waals surface area contributed by atoms with E-state index in [0.717, 1.165) is 19.4 Å². The Labute approximate surface area is 102 Å². The van der Waals surface area contributed by atoms with Crippen molar-refractivity contribution < 1.29 is 4.79 Å². The molecule has 0 bridgehead atoms. The molecular weight excluding hydrogens is 212 g/mol. The number of benzene rings is 1. The lowest BCUT2D eigenvalue weighted by Gasteiger charge is -2.14. The summed E-state index contributed by atoms with van der Waals surface area (Å²) in [5, 5.41) is 6.48. The minimum Gasteiger partial charge on any atom is -0.384 e. The van der Waals surface area contributed by atoms with E-state index >= 15 is 0 Å². The fourth-order valence-corrected chi connectivity index (χ4v) is 2.46. The van der Waals surface area contributed by atoms with Gasteiger partial charge in [0.1, 0.15) is 0 Å². The van der Waals surface area contributed by atoms with Gasteiger partial charge in [-0.05, 0) is 31.4 Å². The Kier molecular flexibility index (Phi) is 2.35. The van der Waals surface area contributed by atoms with E-state index in [-0.39, 0.29) is 11.4 Å². The fourth-order valence-electron chi connectivity index (χ4n) is 2.46. The maximum atomic E-state index is 11.9. The number of carbonyl (C=O) groups excluding carboxylic acids is 1. The highest BCUT2D eigenvalue weighted by atomic mass is 16.1. The first-order chi connectivity index (χ1) is 8.16. The molecule has 1 unspecified atom stereocenters. The summed E-state index contributed by atoms with van der Waals surface area (Å²) in [6, 6.07) is 8.26. The van der Waals surface area contributed by atoms with Crippen LogP contribution in [0.4, 0.5) is 5.69 Å². The molecule has 0 radical (unpaired) electrons. The lowest BCUT2D eigenvalue weighted by Crippen LogP contribution is -2.35. The van der Waals surface area contributed by atoms with Crippen LogP contribution in [0.3, 0.4) is 0 Å². The van der Waals surface area contributed by atoms with Crippen molar-refractivity contribution in [3.63, 3.8) is 0 Å². The normalized spacial score (nSPS) is 23.7. The van der Waals surface area contributed by atoms with Gasteiger partial charge in [-0.2, -0.15) is 0 Å². The Balaban J connectivity index is 1.65. The SMILES string of the molecule is CC1(NC(=O)CC2CNc3ccccc32)CC1. The molecule has 1 atom stereocenters. The third-order valence-electron chi connectivity index (χ3n) is 3.81. The van der Waals surface area contributed by atoms with E-state index in [0.29, 0.717) is 12.3 Å². The summed E-state index contributed by atoms with van der Waals surface area (Å²) in [4.78, 5) is 11.9. The van der Waals surface area contributed by atoms with Crippen molar-refractivity contribution in [3.05, 3.63) is 29.8 Å². The quantitative estimate of drug-likeness (QED) is 0.836. The van der Waals surface area contributed by atoms with Gasteiger partial charge in [0.25, 0.3) is 0 Å². The Morgan fingerprint density at radius 1 is 1.47 bits per heavy atom. The van der Waals surface area contributed by atoms with E-state index in [1.807, 2.05) is 12.1 Å². The maximum absolute atomic E-state index is 11.9. The largest absolute Gasteiger partial charge is 0.384 e. The predicted octanol–water partition coefficient (Wildman–Crippen LogP) is 2.25. The highest BCUT2D eigenvalue weighted by Gasteiger charge is 2.39. The van der Waals surface area contributed by atoms with E-state index < -0.39 is 0 Å². The lowest BCUT2D eigenvalue weighted by molar-refractivity contribution is -0.122. The van der Waals surface area contributed by atoms with Gasteiger partial charge in [0.05, 0.1) is 0 Å². The molecule has 3 nitrogen and oxygen atoms in total. The van der Waals surface area contributed by atoms with Crippen LogP contribution in [-0.4, -0.2) is 18.0 Å². The van der Waals surface area contributed by atoms with E-state index in [1.54, 1.807) is 0 Å². The molecule has 90 valence electrons. The first-order valence-corrected chi connectivity index (χ1v) is 6.30. The minimum atomic E-state index is 0.0998. The number of anilines is 1. The average Bonchev–Trinajstić information content (AvgIpc) is 2.89. The van der Waals surface area contributed by atoms with Gasteiger partial charge in [-0.15, -0.1) is 0 Å². The lowest BCUT2D eigenvalue weighted by atomic mass is 9.97. The molecule has 1 heterocycles. The van der Waals surface area contributed by atoms with Gasteiger partial charge < -0.3 is 10.6 Å². The van der Waals surface area contributed by atoms with E-state index in [4.69, 9.17) is 0 Å². The van der Waals surface area contributed by atoms with Crippen LogP contribution in [0, 0.1) is 0 Å². The molecule has 2 aliphatic rings. The van der Waals surface area contributed by atoms with Crippen LogP contribution in [0.25, 0.3) is 0 Å². The monoisotopic (exact) mass is 230 g/mol. The van der Waals surface area contributed by atoms with Crippen molar-refractivity contribution in [1.82, 2.24) is 5.32 Å². The average molecular weight is 230 g/mol. The molecule has 1 aromatic rings. The van der Waals surface area contributed by atoms with Gasteiger partial charge >= 0.3 is 0 Å². The second-order valence-corrected chi connectivity index (χ2v) is 5.48. The number of hydrogen-bond acceptors (Lipinski definition) is 2. The Morgan fingerprint density at radius 3 is 3.00 bits per heavy atom. The summed E-state index contributed by atoms with van der Waals surface area (Å²) in [5.41, 5.74) is 2.56. The summed E-state index contributed by atoms with van der Waals surface area (Å²) >= 11 is 0. The minimum absolute atomic E-state index is 0.0998. The molecule has 1 amide bonds. The third-order valence-corrected chi connectivity index (χ3v) is 3.81. The van der Waals surface area contributed by atoms with Gasteiger partial charge in [-0.25, -0.2) is 0 Å². The Hall–Kier alpha value is -1.51. The zero-order valence-electron chi connectivity index (χ0n) is 10.1. The van der Waals surface area contributed by atoms with E-state index in [1.165, 1.54) is 11.3 Å². The van der Waals surface area contributed by atoms with Crippen LogP contribution in [-0.2, 0) is 4.79 Å². The first kappa shape index (κ1) is 10.6. The predicted molar refractivity (Wildman–Crippen MR) is 68.1 cm³/mol. The molecule has 1 aromatic carbocycles. The Bertz CT molecular complexity index is 451. The molecule has 17 heavy (non-hydrogen) atoms. The number of fused-ring (bicyclic) bond motifs is 1. The van der Waals surface area contributed by atoms with Crippen molar-refractivity contribution in [3.8, 4) is 0 Å². The highest BCUT2D eigenvalue weighted by molar-refractivity contribution is 5.79. The van der Waals surface area contributed by atoms with Crippen molar-refractivity contribution >= 4 is 11.6 Å². The van der Waals surface area contributed by atoms with Crippen LogP contribution in [0.5, 0.6) is 0 Å². The number of carbonyl (C=O) groups is 1. The summed E-state index contributed by atoms with van der Waals surface area (Å²) in [5.74, 6) is 0.516. The van der Waals surface area contributed by atoms with Gasteiger partial charge in [-0.3, -0.25) is 4.79 Å². The molecule has 3 heteroatoms. The van der Waals surface area contributed by atoms with Crippen LogP contribution in [0.2, 0.25) is 0 Å². The number of hydrogen-bond donors (Lipinski definition) is 2. The molecule has 1 aliphatic carbocycles. The second kappa shape index (κ2) is 3.76. The molecule has 3 rings (SSSR count). The number of rotatable bonds is 3. The highest BCUT2D eigenvalue weighted by Crippen LogP contribution is 2.36. The number of nitrogens with one attached hydrogen (secondary N) is 2. The number of para-hydroxylation sites is 1. The topological polar surface area (TPSA) is 41.1 Å². The van der Waals surface area contributed by atoms with Crippen LogP contribution < -0.4 is 10.6 Å². The van der Waals surface area contributed by atoms with Crippen molar-refractivity contribution in [2.24, 2.45) is 0 Å². The maximum Gasteiger partial charge on any atom is 0.221 e. The van der Waals surface area contributed by atoms with Gasteiger partial charge in [-0.1, -0.05) is 18.2 Å². The summed E-state index contributed by atoms with van der Waals surface area (Å²) < 4.78 is 0. The van der Waals surface area contributed by atoms with E-state index in [2.05, 4.69) is 29.7 Å². The van der Waals surface area contributed by atoms with Crippen molar-refractivity contribution in [2.75, 3.05) is 11.9 Å². The summed E-state index contributed by atoms with van der Waals surface area (Å²) in [7, 11) is 0. The third kappa shape index (κ3) is 2.14. The van der Waals surface area contributed by atoms with E-state index in [9.17, 15) is 4.79 Å². The Morgan fingerprint density at radius 2 is 2.24 bits per heavy atom. The van der Waals surface area contributed by atoms with Crippen LogP contribution in [0.1, 0.15) is 37.7 Å². The summed E-state index contributed by atoms with van der Waals surface area (Å²) in [6.07, 6.45) is 2.84. The van der Waals surface area contributed by atoms with Gasteiger partial charge in [0, 0.05) is 30.1 Å².